The zero-order valence-electron chi connectivity index (χ0n) is 17.5. The molecule has 2 aromatic rings. The molecule has 0 unspecified atom stereocenters. The van der Waals surface area contributed by atoms with Crippen molar-refractivity contribution in [3.05, 3.63) is 41.7 Å². The predicted molar refractivity (Wildman–Crippen MR) is 108 cm³/mol. The number of nitrogens with zero attached hydrogens (tertiary/aromatic N) is 6. The van der Waals surface area contributed by atoms with E-state index >= 15 is 0 Å². The Morgan fingerprint density at radius 1 is 1.04 bits per heavy atom. The smallest absolute Gasteiger partial charge is 0.169 e. The number of tetrazole rings is 1. The van der Waals surface area contributed by atoms with Crippen molar-refractivity contribution < 1.29 is 0 Å². The van der Waals surface area contributed by atoms with Crippen molar-refractivity contribution in [1.29, 1.82) is 0 Å². The third-order valence-corrected chi connectivity index (χ3v) is 5.88. The zero-order chi connectivity index (χ0) is 19.4. The van der Waals surface area contributed by atoms with Gasteiger partial charge in [0.2, 0.25) is 0 Å². The van der Waals surface area contributed by atoms with E-state index in [0.29, 0.717) is 5.92 Å². The molecule has 1 saturated heterocycles. The van der Waals surface area contributed by atoms with Gasteiger partial charge in [0.1, 0.15) is 0 Å². The molecule has 0 N–H and O–H groups in total. The van der Waals surface area contributed by atoms with Crippen LogP contribution < -0.4 is 0 Å². The number of hydrogen-bond donors (Lipinski definition) is 0. The van der Waals surface area contributed by atoms with E-state index in [4.69, 9.17) is 0 Å². The second-order valence-corrected chi connectivity index (χ2v) is 8.60. The quantitative estimate of drug-likeness (QED) is 0.748. The van der Waals surface area contributed by atoms with Gasteiger partial charge in [0, 0.05) is 32.7 Å². The summed E-state index contributed by atoms with van der Waals surface area (Å²) in [6, 6.07) is 11.0. The topological polar surface area (TPSA) is 50.1 Å². The molecule has 6 heteroatoms. The first kappa shape index (κ1) is 20.0. The minimum Gasteiger partial charge on any atom is -0.297 e. The van der Waals surface area contributed by atoms with Gasteiger partial charge in [0.25, 0.3) is 0 Å². The van der Waals surface area contributed by atoms with E-state index in [0.717, 1.165) is 45.0 Å². The standard InChI is InChI=1S/C21H34N6/c1-6-21(4,5)27-20(22-23-24-27)19(17(2)3)26-14-12-25(13-15-26)16-18-10-8-7-9-11-18/h7-11,17,19H,6,12-16H2,1-5H3/t19-/m1/s1. The van der Waals surface area contributed by atoms with Gasteiger partial charge in [0.05, 0.1) is 11.6 Å². The Morgan fingerprint density at radius 2 is 1.70 bits per heavy atom. The molecule has 0 aliphatic carbocycles. The van der Waals surface area contributed by atoms with Crippen molar-refractivity contribution in [3.8, 4) is 0 Å². The summed E-state index contributed by atoms with van der Waals surface area (Å²) in [5.41, 5.74) is 1.32. The lowest BCUT2D eigenvalue weighted by atomic mass is 9.97. The van der Waals surface area contributed by atoms with Crippen LogP contribution >= 0.6 is 0 Å². The molecule has 0 radical (unpaired) electrons. The third-order valence-electron chi connectivity index (χ3n) is 5.88. The SMILES string of the molecule is CCC(C)(C)n1nnnc1[C@@H](C(C)C)N1CCN(Cc2ccccc2)CC1. The molecule has 0 saturated carbocycles. The van der Waals surface area contributed by atoms with E-state index < -0.39 is 0 Å². The fourth-order valence-corrected chi connectivity index (χ4v) is 3.88. The fourth-order valence-electron chi connectivity index (χ4n) is 3.88. The Labute approximate surface area is 163 Å². The van der Waals surface area contributed by atoms with E-state index in [1.807, 2.05) is 4.68 Å². The number of hydrogen-bond acceptors (Lipinski definition) is 5. The van der Waals surface area contributed by atoms with Gasteiger partial charge >= 0.3 is 0 Å². The summed E-state index contributed by atoms with van der Waals surface area (Å²) in [7, 11) is 0. The summed E-state index contributed by atoms with van der Waals surface area (Å²) in [4.78, 5) is 5.11. The van der Waals surface area contributed by atoms with Gasteiger partial charge in [-0.25, -0.2) is 4.68 Å². The van der Waals surface area contributed by atoms with Crippen LogP contribution in [-0.2, 0) is 12.1 Å². The molecular weight excluding hydrogens is 336 g/mol. The highest BCUT2D eigenvalue weighted by molar-refractivity contribution is 5.14. The molecular formula is C21H34N6. The van der Waals surface area contributed by atoms with Crippen molar-refractivity contribution in [1.82, 2.24) is 30.0 Å². The van der Waals surface area contributed by atoms with Crippen molar-refractivity contribution in [2.24, 2.45) is 5.92 Å². The van der Waals surface area contributed by atoms with Crippen LogP contribution in [0.2, 0.25) is 0 Å². The van der Waals surface area contributed by atoms with Crippen LogP contribution in [0.25, 0.3) is 0 Å². The summed E-state index contributed by atoms with van der Waals surface area (Å²) in [6.07, 6.45) is 1.00. The Kier molecular flexibility index (Phi) is 6.27. The number of rotatable bonds is 7. The Morgan fingerprint density at radius 3 is 2.30 bits per heavy atom. The summed E-state index contributed by atoms with van der Waals surface area (Å²) >= 11 is 0. The Hall–Kier alpha value is -1.79. The molecule has 1 aliphatic heterocycles. The van der Waals surface area contributed by atoms with E-state index in [1.165, 1.54) is 5.56 Å². The lowest BCUT2D eigenvalue weighted by Crippen LogP contribution is -2.49. The second-order valence-electron chi connectivity index (χ2n) is 8.60. The molecule has 0 amide bonds. The molecule has 27 heavy (non-hydrogen) atoms. The van der Waals surface area contributed by atoms with Crippen LogP contribution in [0, 0.1) is 5.92 Å². The van der Waals surface area contributed by atoms with Crippen molar-refractivity contribution >= 4 is 0 Å². The molecule has 2 heterocycles. The van der Waals surface area contributed by atoms with Gasteiger partial charge in [-0.3, -0.25) is 9.80 Å². The van der Waals surface area contributed by atoms with Crippen LogP contribution in [0.15, 0.2) is 30.3 Å². The molecule has 1 atom stereocenters. The first-order valence-electron chi connectivity index (χ1n) is 10.2. The van der Waals surface area contributed by atoms with Crippen LogP contribution in [0.3, 0.4) is 0 Å². The maximum Gasteiger partial charge on any atom is 0.169 e. The molecule has 0 spiro atoms. The highest BCUT2D eigenvalue weighted by Crippen LogP contribution is 2.31. The first-order chi connectivity index (χ1) is 12.9. The van der Waals surface area contributed by atoms with Gasteiger partial charge in [-0.2, -0.15) is 0 Å². The minimum atomic E-state index is -0.0683. The van der Waals surface area contributed by atoms with Crippen molar-refractivity contribution in [3.63, 3.8) is 0 Å². The molecule has 3 rings (SSSR count). The third kappa shape index (κ3) is 4.55. The number of piperazine rings is 1. The Balaban J connectivity index is 1.70. The maximum absolute atomic E-state index is 4.46. The van der Waals surface area contributed by atoms with Crippen LogP contribution in [0.1, 0.15) is 58.5 Å². The summed E-state index contributed by atoms with van der Waals surface area (Å²) in [5, 5.41) is 12.8. The minimum absolute atomic E-state index is 0.0683. The predicted octanol–water partition coefficient (Wildman–Crippen LogP) is 3.33. The largest absolute Gasteiger partial charge is 0.297 e. The van der Waals surface area contributed by atoms with Crippen LogP contribution in [0.4, 0.5) is 0 Å². The average Bonchev–Trinajstić information content (AvgIpc) is 3.14. The normalized spacial score (nSPS) is 18.1. The van der Waals surface area contributed by atoms with Gasteiger partial charge in [-0.15, -0.1) is 5.10 Å². The van der Waals surface area contributed by atoms with Crippen LogP contribution in [-0.4, -0.2) is 56.2 Å². The lowest BCUT2D eigenvalue weighted by Gasteiger charge is -2.41. The second kappa shape index (κ2) is 8.48. The molecule has 1 aromatic heterocycles. The summed E-state index contributed by atoms with van der Waals surface area (Å²) < 4.78 is 2.05. The lowest BCUT2D eigenvalue weighted by molar-refractivity contribution is 0.0631. The molecule has 0 bridgehead atoms. The fraction of sp³-hybridized carbons (Fsp3) is 0.667. The molecule has 1 fully saturated rings. The Bertz CT molecular complexity index is 700. The van der Waals surface area contributed by atoms with Gasteiger partial charge in [-0.1, -0.05) is 51.1 Å². The van der Waals surface area contributed by atoms with Gasteiger partial charge < -0.3 is 0 Å². The molecule has 6 nitrogen and oxygen atoms in total. The number of benzene rings is 1. The highest BCUT2D eigenvalue weighted by Gasteiger charge is 2.34. The van der Waals surface area contributed by atoms with Crippen molar-refractivity contribution in [2.75, 3.05) is 26.2 Å². The van der Waals surface area contributed by atoms with Gasteiger partial charge in [0.15, 0.2) is 5.82 Å². The van der Waals surface area contributed by atoms with Crippen molar-refractivity contribution in [2.45, 2.75) is 59.2 Å². The zero-order valence-corrected chi connectivity index (χ0v) is 17.5. The number of aromatic nitrogens is 4. The monoisotopic (exact) mass is 370 g/mol. The molecule has 1 aliphatic rings. The van der Waals surface area contributed by atoms with Crippen LogP contribution in [0.5, 0.6) is 0 Å². The first-order valence-corrected chi connectivity index (χ1v) is 10.2. The van der Waals surface area contributed by atoms with E-state index in [1.54, 1.807) is 0 Å². The molecule has 1 aromatic carbocycles. The molecule has 148 valence electrons. The van der Waals surface area contributed by atoms with E-state index in [2.05, 4.69) is 90.3 Å². The van der Waals surface area contributed by atoms with E-state index in [-0.39, 0.29) is 11.6 Å². The highest BCUT2D eigenvalue weighted by atomic mass is 15.6. The average molecular weight is 371 g/mol. The van der Waals surface area contributed by atoms with E-state index in [9.17, 15) is 0 Å². The summed E-state index contributed by atoms with van der Waals surface area (Å²) in [5.74, 6) is 1.47. The summed E-state index contributed by atoms with van der Waals surface area (Å²) in [6.45, 7) is 16.5. The van der Waals surface area contributed by atoms with Gasteiger partial charge in [-0.05, 0) is 42.2 Å². The maximum atomic E-state index is 4.46.